The van der Waals surface area contributed by atoms with Crippen molar-refractivity contribution in [3.05, 3.63) is 95.1 Å². The fraction of sp³-hybridized carbons (Fsp3) is 0.250. The minimum Gasteiger partial charge on any atom is -0.378 e. The number of hydrogen-bond donors (Lipinski definition) is 0. The second-order valence-electron chi connectivity index (χ2n) is 8.26. The number of anilines is 2. The number of Topliss-reactive ketones (excluding diaryl/α,β-unsaturated/α-hetero) is 1. The Kier molecular flexibility index (Phi) is 7.66. The van der Waals surface area contributed by atoms with Gasteiger partial charge in [0.1, 0.15) is 0 Å². The molecule has 3 heteroatoms. The molecule has 3 nitrogen and oxygen atoms in total. The molecule has 2 aromatic rings. The molecule has 31 heavy (non-hydrogen) atoms. The molecular weight excluding hydrogens is 380 g/mol. The van der Waals surface area contributed by atoms with Crippen LogP contribution >= 0.6 is 0 Å². The third-order valence-electron chi connectivity index (χ3n) is 5.47. The summed E-state index contributed by atoms with van der Waals surface area (Å²) in [5.74, 6) is 0.173. The van der Waals surface area contributed by atoms with Gasteiger partial charge in [-0.3, -0.25) is 4.79 Å². The molecule has 0 atom stereocenters. The molecule has 0 N–H and O–H groups in total. The van der Waals surface area contributed by atoms with Gasteiger partial charge in [-0.1, -0.05) is 60.7 Å². The van der Waals surface area contributed by atoms with Gasteiger partial charge < -0.3 is 9.80 Å². The molecule has 160 valence electrons. The molecule has 0 aromatic heterocycles. The van der Waals surface area contributed by atoms with E-state index < -0.39 is 0 Å². The van der Waals surface area contributed by atoms with Crippen LogP contribution in [0.3, 0.4) is 0 Å². The van der Waals surface area contributed by atoms with Crippen LogP contribution in [0.25, 0.3) is 12.2 Å². The van der Waals surface area contributed by atoms with Crippen molar-refractivity contribution in [1.82, 2.24) is 0 Å². The summed E-state index contributed by atoms with van der Waals surface area (Å²) >= 11 is 0. The number of rotatable bonds is 6. The van der Waals surface area contributed by atoms with Crippen molar-refractivity contribution in [3.8, 4) is 0 Å². The Bertz CT molecular complexity index is 922. The van der Waals surface area contributed by atoms with Gasteiger partial charge in [-0.2, -0.15) is 0 Å². The number of hydrogen-bond acceptors (Lipinski definition) is 3. The van der Waals surface area contributed by atoms with Gasteiger partial charge in [0, 0.05) is 39.6 Å². The molecule has 0 heterocycles. The van der Waals surface area contributed by atoms with E-state index in [1.165, 1.54) is 11.4 Å². The molecule has 0 radical (unpaired) electrons. The van der Waals surface area contributed by atoms with Crippen LogP contribution in [0.2, 0.25) is 0 Å². The van der Waals surface area contributed by atoms with E-state index in [0.29, 0.717) is 0 Å². The molecule has 0 aliphatic heterocycles. The standard InChI is InChI=1S/C28H32N2O/c1-29(2)26-18-14-22(15-19-26)8-5-10-24-12-7-13-25(28(24)31)11-6-9-23-16-20-27(21-17-23)30(3)4/h5-6,8-11,14-21H,7,12-13H2,1-4H3/b8-5+,9-6+,24-10+,25-11+. The number of carbonyl (C=O) groups is 1. The SMILES string of the molecule is CN(C)c1ccc(/C=C/C=C2\CCC/C(=C\C=C\c3ccc(N(C)C)cc3)C2=O)cc1. The van der Waals surface area contributed by atoms with Gasteiger partial charge in [-0.15, -0.1) is 0 Å². The maximum absolute atomic E-state index is 12.8. The molecule has 3 rings (SSSR count). The van der Waals surface area contributed by atoms with Crippen molar-refractivity contribution in [1.29, 1.82) is 0 Å². The highest BCUT2D eigenvalue weighted by Crippen LogP contribution is 2.25. The number of benzene rings is 2. The van der Waals surface area contributed by atoms with Crippen LogP contribution in [-0.2, 0) is 4.79 Å². The molecule has 0 saturated heterocycles. The first-order valence-corrected chi connectivity index (χ1v) is 10.8. The highest BCUT2D eigenvalue weighted by atomic mass is 16.1. The fourth-order valence-corrected chi connectivity index (χ4v) is 3.54. The number of allylic oxidation sites excluding steroid dienone is 6. The minimum absolute atomic E-state index is 0.173. The summed E-state index contributed by atoms with van der Waals surface area (Å²) in [6.07, 6.45) is 14.7. The quantitative estimate of drug-likeness (QED) is 0.532. The molecule has 0 amide bonds. The number of ketones is 1. The molecule has 2 aromatic carbocycles. The lowest BCUT2D eigenvalue weighted by molar-refractivity contribution is -0.113. The van der Waals surface area contributed by atoms with E-state index in [9.17, 15) is 4.79 Å². The lowest BCUT2D eigenvalue weighted by atomic mass is 9.88. The van der Waals surface area contributed by atoms with Gasteiger partial charge in [0.25, 0.3) is 0 Å². The second-order valence-corrected chi connectivity index (χ2v) is 8.26. The Balaban J connectivity index is 1.64. The summed E-state index contributed by atoms with van der Waals surface area (Å²) in [5.41, 5.74) is 6.39. The smallest absolute Gasteiger partial charge is 0.184 e. The monoisotopic (exact) mass is 412 g/mol. The maximum Gasteiger partial charge on any atom is 0.184 e. The molecule has 1 aliphatic carbocycles. The lowest BCUT2D eigenvalue weighted by Crippen LogP contribution is -2.12. The van der Waals surface area contributed by atoms with E-state index >= 15 is 0 Å². The largest absolute Gasteiger partial charge is 0.378 e. The Morgan fingerprint density at radius 3 is 1.39 bits per heavy atom. The van der Waals surface area contributed by atoms with E-state index in [2.05, 4.69) is 70.5 Å². The number of nitrogens with zero attached hydrogens (tertiary/aromatic N) is 2. The average Bonchev–Trinajstić information content (AvgIpc) is 2.76. The van der Waals surface area contributed by atoms with Gasteiger partial charge >= 0.3 is 0 Å². The summed E-state index contributed by atoms with van der Waals surface area (Å²) in [5, 5.41) is 0. The van der Waals surface area contributed by atoms with Crippen LogP contribution in [0, 0.1) is 0 Å². The van der Waals surface area contributed by atoms with Crippen molar-refractivity contribution in [2.24, 2.45) is 0 Å². The van der Waals surface area contributed by atoms with Crippen molar-refractivity contribution in [3.63, 3.8) is 0 Å². The van der Waals surface area contributed by atoms with E-state index in [1.54, 1.807) is 0 Å². The predicted molar refractivity (Wildman–Crippen MR) is 135 cm³/mol. The van der Waals surface area contributed by atoms with Gasteiger partial charge in [-0.05, 0) is 65.8 Å². The maximum atomic E-state index is 12.8. The molecular formula is C28H32N2O. The van der Waals surface area contributed by atoms with Gasteiger partial charge in [0.15, 0.2) is 5.78 Å². The van der Waals surface area contributed by atoms with Crippen molar-refractivity contribution >= 4 is 29.3 Å². The Morgan fingerprint density at radius 1 is 0.645 bits per heavy atom. The summed E-state index contributed by atoms with van der Waals surface area (Å²) < 4.78 is 0. The normalized spacial score (nSPS) is 17.2. The zero-order valence-electron chi connectivity index (χ0n) is 19.0. The van der Waals surface area contributed by atoms with Crippen LogP contribution in [0.4, 0.5) is 11.4 Å². The van der Waals surface area contributed by atoms with Gasteiger partial charge in [0.2, 0.25) is 0 Å². The van der Waals surface area contributed by atoms with Crippen LogP contribution in [0.15, 0.2) is 84.0 Å². The third-order valence-corrected chi connectivity index (χ3v) is 5.47. The Labute approximate surface area is 186 Å². The van der Waals surface area contributed by atoms with E-state index in [-0.39, 0.29) is 5.78 Å². The molecule has 1 fully saturated rings. The zero-order valence-corrected chi connectivity index (χ0v) is 19.0. The summed E-state index contributed by atoms with van der Waals surface area (Å²) in [4.78, 5) is 17.0. The first kappa shape index (κ1) is 22.4. The highest BCUT2D eigenvalue weighted by Gasteiger charge is 2.19. The van der Waals surface area contributed by atoms with Crippen molar-refractivity contribution < 1.29 is 4.79 Å². The topological polar surface area (TPSA) is 23.6 Å². The zero-order chi connectivity index (χ0) is 22.2. The van der Waals surface area contributed by atoms with Crippen molar-refractivity contribution in [2.75, 3.05) is 38.0 Å². The van der Waals surface area contributed by atoms with Crippen LogP contribution < -0.4 is 9.80 Å². The second kappa shape index (κ2) is 10.6. The highest BCUT2D eigenvalue weighted by molar-refractivity contribution is 6.09. The summed E-state index contributed by atoms with van der Waals surface area (Å²) in [6.45, 7) is 0. The van der Waals surface area contributed by atoms with Crippen LogP contribution in [0.5, 0.6) is 0 Å². The molecule has 0 unspecified atom stereocenters. The lowest BCUT2D eigenvalue weighted by Gasteiger charge is -2.15. The van der Waals surface area contributed by atoms with Crippen LogP contribution in [-0.4, -0.2) is 34.0 Å². The third kappa shape index (κ3) is 6.32. The fourth-order valence-electron chi connectivity index (χ4n) is 3.54. The first-order chi connectivity index (χ1) is 14.9. The predicted octanol–water partition coefficient (Wildman–Crippen LogP) is 6.15. The molecule has 0 spiro atoms. The summed E-state index contributed by atoms with van der Waals surface area (Å²) in [6, 6.07) is 16.8. The molecule has 1 aliphatic rings. The molecule has 0 bridgehead atoms. The Hall–Kier alpha value is -3.33. The van der Waals surface area contributed by atoms with E-state index in [1.807, 2.05) is 52.5 Å². The minimum atomic E-state index is 0.173. The Morgan fingerprint density at radius 2 is 1.03 bits per heavy atom. The summed E-state index contributed by atoms with van der Waals surface area (Å²) in [7, 11) is 8.13. The van der Waals surface area contributed by atoms with E-state index in [4.69, 9.17) is 0 Å². The van der Waals surface area contributed by atoms with Gasteiger partial charge in [0.05, 0.1) is 0 Å². The van der Waals surface area contributed by atoms with Crippen LogP contribution in [0.1, 0.15) is 30.4 Å². The number of carbonyl (C=O) groups excluding carboxylic acids is 1. The molecule has 1 saturated carbocycles. The van der Waals surface area contributed by atoms with Gasteiger partial charge in [-0.25, -0.2) is 0 Å². The first-order valence-electron chi connectivity index (χ1n) is 10.8. The van der Waals surface area contributed by atoms with Crippen molar-refractivity contribution in [2.45, 2.75) is 19.3 Å². The average molecular weight is 413 g/mol. The van der Waals surface area contributed by atoms with E-state index in [0.717, 1.165) is 41.5 Å².